The summed E-state index contributed by atoms with van der Waals surface area (Å²) >= 11 is 0. The Balaban J connectivity index is 1.47. The third-order valence-corrected chi connectivity index (χ3v) is 6.10. The van der Waals surface area contributed by atoms with E-state index in [4.69, 9.17) is 18.9 Å². The summed E-state index contributed by atoms with van der Waals surface area (Å²) in [6.07, 6.45) is 3.33. The van der Waals surface area contributed by atoms with Crippen LogP contribution in [0.25, 0.3) is 0 Å². The zero-order valence-corrected chi connectivity index (χ0v) is 19.7. The fraction of sp³-hybridized carbons (Fsp3) is 0.333. The summed E-state index contributed by atoms with van der Waals surface area (Å²) in [4.78, 5) is 0. The Morgan fingerprint density at radius 2 is 1.21 bits per heavy atom. The molecule has 0 aliphatic carbocycles. The van der Waals surface area contributed by atoms with Gasteiger partial charge in [-0.2, -0.15) is 0 Å². The van der Waals surface area contributed by atoms with Crippen molar-refractivity contribution in [1.82, 2.24) is 0 Å². The minimum atomic E-state index is -0.688. The maximum Gasteiger partial charge on any atom is 0.141 e. The predicted molar refractivity (Wildman–Crippen MR) is 134 cm³/mol. The molecular formula is C30H34O4. The zero-order valence-electron chi connectivity index (χ0n) is 19.7. The van der Waals surface area contributed by atoms with Gasteiger partial charge >= 0.3 is 0 Å². The molecule has 1 saturated heterocycles. The topological polar surface area (TPSA) is 36.9 Å². The molecule has 0 N–H and O–H groups in total. The number of rotatable bonds is 13. The first kappa shape index (κ1) is 24.4. The smallest absolute Gasteiger partial charge is 0.141 e. The summed E-state index contributed by atoms with van der Waals surface area (Å²) in [5.74, 6) is 0. The molecule has 0 saturated carbocycles. The molecule has 0 aromatic heterocycles. The highest BCUT2D eigenvalue weighted by Crippen LogP contribution is 2.36. The molecule has 1 fully saturated rings. The zero-order chi connectivity index (χ0) is 23.5. The van der Waals surface area contributed by atoms with E-state index in [1.807, 2.05) is 60.7 Å². The van der Waals surface area contributed by atoms with Crippen molar-refractivity contribution in [2.75, 3.05) is 13.2 Å². The first-order valence-electron chi connectivity index (χ1n) is 11.9. The van der Waals surface area contributed by atoms with Gasteiger partial charge in [-0.05, 0) is 23.1 Å². The Hall–Kier alpha value is -2.76. The lowest BCUT2D eigenvalue weighted by Crippen LogP contribution is -2.49. The van der Waals surface area contributed by atoms with E-state index in [2.05, 4.69) is 43.0 Å². The molecule has 178 valence electrons. The van der Waals surface area contributed by atoms with E-state index in [0.717, 1.165) is 29.5 Å². The molecule has 3 aromatic carbocycles. The van der Waals surface area contributed by atoms with Crippen LogP contribution in [0.15, 0.2) is 104 Å². The van der Waals surface area contributed by atoms with E-state index in [-0.39, 0.29) is 12.2 Å². The maximum absolute atomic E-state index is 6.62. The molecule has 0 spiro atoms. The SMILES string of the molecule is C=CC[C@@H]1C[C@H](OCc2ccccc2)C(COCc2ccccc2)(COCc2ccccc2)O1. The van der Waals surface area contributed by atoms with Gasteiger partial charge in [0.15, 0.2) is 0 Å². The van der Waals surface area contributed by atoms with Gasteiger partial charge in [-0.1, -0.05) is 97.1 Å². The van der Waals surface area contributed by atoms with Crippen molar-refractivity contribution in [2.24, 2.45) is 0 Å². The van der Waals surface area contributed by atoms with Crippen molar-refractivity contribution >= 4 is 0 Å². The highest BCUT2D eigenvalue weighted by Gasteiger charge is 2.50. The van der Waals surface area contributed by atoms with Crippen LogP contribution in [0.2, 0.25) is 0 Å². The minimum absolute atomic E-state index is 0.0268. The van der Waals surface area contributed by atoms with Gasteiger partial charge in [-0.15, -0.1) is 6.58 Å². The molecular weight excluding hydrogens is 424 g/mol. The van der Waals surface area contributed by atoms with Gasteiger partial charge in [-0.25, -0.2) is 0 Å². The van der Waals surface area contributed by atoms with Crippen LogP contribution in [-0.4, -0.2) is 31.0 Å². The van der Waals surface area contributed by atoms with Gasteiger partial charge in [0.05, 0.1) is 45.2 Å². The van der Waals surface area contributed by atoms with Gasteiger partial charge in [0.25, 0.3) is 0 Å². The Morgan fingerprint density at radius 1 is 0.735 bits per heavy atom. The second-order valence-corrected chi connectivity index (χ2v) is 8.81. The molecule has 1 heterocycles. The Labute approximate surface area is 203 Å². The Morgan fingerprint density at radius 3 is 1.68 bits per heavy atom. The van der Waals surface area contributed by atoms with Crippen LogP contribution >= 0.6 is 0 Å². The first-order valence-corrected chi connectivity index (χ1v) is 11.9. The molecule has 4 nitrogen and oxygen atoms in total. The monoisotopic (exact) mass is 458 g/mol. The van der Waals surface area contributed by atoms with E-state index in [1.54, 1.807) is 0 Å². The fourth-order valence-electron chi connectivity index (χ4n) is 4.36. The third-order valence-electron chi connectivity index (χ3n) is 6.10. The van der Waals surface area contributed by atoms with Crippen molar-refractivity contribution < 1.29 is 18.9 Å². The lowest BCUT2D eigenvalue weighted by molar-refractivity contribution is -0.175. The molecule has 0 bridgehead atoms. The summed E-state index contributed by atoms with van der Waals surface area (Å²) < 4.78 is 25.5. The summed E-state index contributed by atoms with van der Waals surface area (Å²) in [5, 5.41) is 0. The molecule has 4 heteroatoms. The molecule has 4 rings (SSSR count). The van der Waals surface area contributed by atoms with Gasteiger partial charge in [0, 0.05) is 6.42 Å². The second kappa shape index (κ2) is 12.6. The van der Waals surface area contributed by atoms with Crippen LogP contribution in [0.1, 0.15) is 29.5 Å². The molecule has 34 heavy (non-hydrogen) atoms. The molecule has 0 unspecified atom stereocenters. The molecule has 0 radical (unpaired) electrons. The van der Waals surface area contributed by atoms with Crippen LogP contribution in [0.5, 0.6) is 0 Å². The minimum Gasteiger partial charge on any atom is -0.374 e. The first-order chi connectivity index (χ1) is 16.8. The van der Waals surface area contributed by atoms with Gasteiger partial charge in [-0.3, -0.25) is 0 Å². The lowest BCUT2D eigenvalue weighted by Gasteiger charge is -2.34. The highest BCUT2D eigenvalue weighted by atomic mass is 16.6. The van der Waals surface area contributed by atoms with Crippen molar-refractivity contribution in [3.05, 3.63) is 120 Å². The van der Waals surface area contributed by atoms with Gasteiger partial charge in [0.1, 0.15) is 5.60 Å². The molecule has 1 aliphatic heterocycles. The van der Waals surface area contributed by atoms with E-state index >= 15 is 0 Å². The number of hydrogen-bond acceptors (Lipinski definition) is 4. The van der Waals surface area contributed by atoms with Crippen molar-refractivity contribution in [1.29, 1.82) is 0 Å². The van der Waals surface area contributed by atoms with Crippen LogP contribution in [-0.2, 0) is 38.8 Å². The fourth-order valence-corrected chi connectivity index (χ4v) is 4.36. The Bertz CT molecular complexity index is 929. The van der Waals surface area contributed by atoms with E-state index < -0.39 is 5.60 Å². The Kier molecular flexibility index (Phi) is 9.05. The van der Waals surface area contributed by atoms with E-state index in [1.165, 1.54) is 0 Å². The summed E-state index contributed by atoms with van der Waals surface area (Å²) in [5.41, 5.74) is 2.71. The molecule has 3 aromatic rings. The number of benzene rings is 3. The van der Waals surface area contributed by atoms with E-state index in [0.29, 0.717) is 33.0 Å². The normalized spacial score (nSPS) is 19.2. The van der Waals surface area contributed by atoms with E-state index in [9.17, 15) is 0 Å². The van der Waals surface area contributed by atoms with Gasteiger partial charge in [0.2, 0.25) is 0 Å². The average molecular weight is 459 g/mol. The van der Waals surface area contributed by atoms with Crippen molar-refractivity contribution in [2.45, 2.75) is 50.5 Å². The predicted octanol–water partition coefficient (Wildman–Crippen LogP) is 6.11. The second-order valence-electron chi connectivity index (χ2n) is 8.81. The summed E-state index contributed by atoms with van der Waals surface area (Å²) in [6, 6.07) is 30.6. The van der Waals surface area contributed by atoms with Gasteiger partial charge < -0.3 is 18.9 Å². The highest BCUT2D eigenvalue weighted by molar-refractivity contribution is 5.15. The number of hydrogen-bond donors (Lipinski definition) is 0. The average Bonchev–Trinajstić information content (AvgIpc) is 3.22. The standard InChI is InChI=1S/C30H34O4/c1-2-12-28-19-29(33-22-27-17-10-5-11-18-27)30(34-28,23-31-20-25-13-6-3-7-14-25)24-32-21-26-15-8-4-9-16-26/h2-11,13-18,28-29H,1,12,19-24H2/t28-,29+/m1/s1. The number of ether oxygens (including phenoxy) is 4. The largest absolute Gasteiger partial charge is 0.374 e. The molecule has 0 amide bonds. The van der Waals surface area contributed by atoms with Crippen molar-refractivity contribution in [3.8, 4) is 0 Å². The van der Waals surface area contributed by atoms with Crippen LogP contribution < -0.4 is 0 Å². The van der Waals surface area contributed by atoms with Crippen LogP contribution in [0.4, 0.5) is 0 Å². The third kappa shape index (κ3) is 6.87. The molecule has 1 aliphatic rings. The maximum atomic E-state index is 6.62. The van der Waals surface area contributed by atoms with Crippen LogP contribution in [0.3, 0.4) is 0 Å². The summed E-state index contributed by atoms with van der Waals surface area (Å²) in [7, 11) is 0. The van der Waals surface area contributed by atoms with Crippen molar-refractivity contribution in [3.63, 3.8) is 0 Å². The van der Waals surface area contributed by atoms with Crippen LogP contribution in [0, 0.1) is 0 Å². The lowest BCUT2D eigenvalue weighted by atomic mass is 9.97. The quantitative estimate of drug-likeness (QED) is 0.290. The molecule has 2 atom stereocenters. The summed E-state index contributed by atoms with van der Waals surface area (Å²) in [6.45, 7) is 6.25.